The molecular formula is C15H10F3N3. The third-order valence-electron chi connectivity index (χ3n) is 3.05. The van der Waals surface area contributed by atoms with Crippen molar-refractivity contribution in [3.8, 4) is 16.9 Å². The van der Waals surface area contributed by atoms with Gasteiger partial charge >= 0.3 is 0 Å². The predicted octanol–water partition coefficient (Wildman–Crippen LogP) is 3.54. The fourth-order valence-electron chi connectivity index (χ4n) is 2.04. The van der Waals surface area contributed by atoms with E-state index in [2.05, 4.69) is 5.10 Å². The summed E-state index contributed by atoms with van der Waals surface area (Å²) in [6.07, 6.45) is 1.36. The Morgan fingerprint density at radius 3 is 2.38 bits per heavy atom. The molecule has 0 saturated heterocycles. The molecule has 0 aliphatic rings. The molecule has 0 spiro atoms. The van der Waals surface area contributed by atoms with E-state index in [9.17, 15) is 13.2 Å². The highest BCUT2D eigenvalue weighted by Gasteiger charge is 2.17. The van der Waals surface area contributed by atoms with E-state index >= 15 is 0 Å². The lowest BCUT2D eigenvalue weighted by Gasteiger charge is -2.03. The number of nitrogens with zero attached hydrogens (tertiary/aromatic N) is 2. The third kappa shape index (κ3) is 2.24. The monoisotopic (exact) mass is 289 g/mol. The topological polar surface area (TPSA) is 43.8 Å². The molecule has 2 N–H and O–H groups in total. The van der Waals surface area contributed by atoms with Crippen LogP contribution in [0.5, 0.6) is 0 Å². The van der Waals surface area contributed by atoms with E-state index in [0.717, 1.165) is 6.07 Å². The first-order valence-corrected chi connectivity index (χ1v) is 6.12. The number of hydrogen-bond acceptors (Lipinski definition) is 2. The Morgan fingerprint density at radius 1 is 0.905 bits per heavy atom. The quantitative estimate of drug-likeness (QED) is 0.784. The summed E-state index contributed by atoms with van der Waals surface area (Å²) in [6, 6.07) is 9.68. The molecule has 21 heavy (non-hydrogen) atoms. The van der Waals surface area contributed by atoms with Crippen molar-refractivity contribution in [2.24, 2.45) is 0 Å². The van der Waals surface area contributed by atoms with Gasteiger partial charge in [0.05, 0.1) is 11.9 Å². The van der Waals surface area contributed by atoms with Crippen molar-refractivity contribution in [3.63, 3.8) is 0 Å². The highest BCUT2D eigenvalue weighted by atomic mass is 19.2. The van der Waals surface area contributed by atoms with E-state index in [0.29, 0.717) is 0 Å². The summed E-state index contributed by atoms with van der Waals surface area (Å²) in [7, 11) is 0. The third-order valence-corrected chi connectivity index (χ3v) is 3.05. The van der Waals surface area contributed by atoms with Gasteiger partial charge in [-0.25, -0.2) is 17.9 Å². The van der Waals surface area contributed by atoms with Gasteiger partial charge in [-0.15, -0.1) is 0 Å². The standard InChI is InChI=1S/C15H10F3N3/c16-10-5-1-2-7-13(10)21-8-12(19)15(20-21)9-4-3-6-11(17)14(9)18/h1-8H,19H2. The van der Waals surface area contributed by atoms with Crippen LogP contribution in [0.4, 0.5) is 18.9 Å². The molecule has 1 heterocycles. The average molecular weight is 289 g/mol. The van der Waals surface area contributed by atoms with Gasteiger partial charge in [0.2, 0.25) is 0 Å². The molecule has 2 aromatic carbocycles. The molecule has 6 heteroatoms. The molecule has 0 unspecified atom stereocenters. The van der Waals surface area contributed by atoms with E-state index in [-0.39, 0.29) is 22.6 Å². The molecule has 3 aromatic rings. The summed E-state index contributed by atoms with van der Waals surface area (Å²) in [5, 5.41) is 4.06. The maximum Gasteiger partial charge on any atom is 0.168 e. The molecule has 0 amide bonds. The zero-order valence-electron chi connectivity index (χ0n) is 10.7. The van der Waals surface area contributed by atoms with Crippen LogP contribution in [-0.4, -0.2) is 9.78 Å². The number of benzene rings is 2. The van der Waals surface area contributed by atoms with Crippen molar-refractivity contribution in [2.45, 2.75) is 0 Å². The lowest BCUT2D eigenvalue weighted by molar-refractivity contribution is 0.511. The van der Waals surface area contributed by atoms with E-state index in [1.54, 1.807) is 12.1 Å². The number of hydrogen-bond donors (Lipinski definition) is 1. The van der Waals surface area contributed by atoms with Crippen LogP contribution in [0.3, 0.4) is 0 Å². The zero-order valence-corrected chi connectivity index (χ0v) is 10.7. The van der Waals surface area contributed by atoms with Crippen LogP contribution in [-0.2, 0) is 0 Å². The Hall–Kier alpha value is -2.76. The molecule has 0 radical (unpaired) electrons. The molecule has 1 aromatic heterocycles. The van der Waals surface area contributed by atoms with Crippen molar-refractivity contribution in [1.29, 1.82) is 0 Å². The number of nitrogens with two attached hydrogens (primary N) is 1. The second kappa shape index (κ2) is 4.97. The first-order valence-electron chi connectivity index (χ1n) is 6.12. The Labute approximate surface area is 118 Å². The molecule has 0 atom stereocenters. The largest absolute Gasteiger partial charge is 0.396 e. The summed E-state index contributed by atoms with van der Waals surface area (Å²) < 4.78 is 42.0. The average Bonchev–Trinajstić information content (AvgIpc) is 2.84. The van der Waals surface area contributed by atoms with Gasteiger partial charge in [0, 0.05) is 5.56 Å². The maximum atomic E-state index is 13.8. The minimum Gasteiger partial charge on any atom is -0.396 e. The number of para-hydroxylation sites is 1. The highest BCUT2D eigenvalue weighted by molar-refractivity contribution is 5.73. The van der Waals surface area contributed by atoms with Crippen molar-refractivity contribution in [2.75, 3.05) is 5.73 Å². The van der Waals surface area contributed by atoms with Gasteiger partial charge in [0.15, 0.2) is 11.6 Å². The molecule has 3 nitrogen and oxygen atoms in total. The minimum absolute atomic E-state index is 0.0650. The lowest BCUT2D eigenvalue weighted by atomic mass is 10.1. The maximum absolute atomic E-state index is 13.8. The molecule has 106 valence electrons. The molecule has 0 bridgehead atoms. The lowest BCUT2D eigenvalue weighted by Crippen LogP contribution is -1.98. The van der Waals surface area contributed by atoms with Crippen LogP contribution in [0, 0.1) is 17.5 Å². The van der Waals surface area contributed by atoms with Crippen LogP contribution < -0.4 is 5.73 Å². The number of halogens is 3. The van der Waals surface area contributed by atoms with Crippen LogP contribution in [0.1, 0.15) is 0 Å². The molecule has 0 aliphatic heterocycles. The van der Waals surface area contributed by atoms with Crippen LogP contribution in [0.25, 0.3) is 16.9 Å². The molecule has 0 fully saturated rings. The van der Waals surface area contributed by atoms with Crippen molar-refractivity contribution in [1.82, 2.24) is 9.78 Å². The zero-order chi connectivity index (χ0) is 15.0. The number of nitrogen functional groups attached to an aromatic ring is 1. The first-order chi connectivity index (χ1) is 10.1. The van der Waals surface area contributed by atoms with Gasteiger partial charge in [-0.1, -0.05) is 18.2 Å². The van der Waals surface area contributed by atoms with Gasteiger partial charge in [-0.3, -0.25) is 0 Å². The normalized spacial score (nSPS) is 10.8. The van der Waals surface area contributed by atoms with Crippen molar-refractivity contribution >= 4 is 5.69 Å². The fourth-order valence-corrected chi connectivity index (χ4v) is 2.04. The summed E-state index contributed by atoms with van der Waals surface area (Å²) in [4.78, 5) is 0. The Kier molecular flexibility index (Phi) is 3.13. The van der Waals surface area contributed by atoms with E-state index in [1.807, 2.05) is 0 Å². The molecule has 0 saturated carbocycles. The van der Waals surface area contributed by atoms with Crippen molar-refractivity contribution < 1.29 is 13.2 Å². The van der Waals surface area contributed by atoms with Crippen LogP contribution in [0.15, 0.2) is 48.7 Å². The fraction of sp³-hybridized carbons (Fsp3) is 0. The predicted molar refractivity (Wildman–Crippen MR) is 73.3 cm³/mol. The van der Waals surface area contributed by atoms with Gasteiger partial charge < -0.3 is 5.73 Å². The Balaban J connectivity index is 2.15. The summed E-state index contributed by atoms with van der Waals surface area (Å²) >= 11 is 0. The number of rotatable bonds is 2. The molecular weight excluding hydrogens is 279 g/mol. The smallest absolute Gasteiger partial charge is 0.168 e. The van der Waals surface area contributed by atoms with Gasteiger partial charge in [-0.2, -0.15) is 5.10 Å². The van der Waals surface area contributed by atoms with Gasteiger partial charge in [0.1, 0.15) is 17.2 Å². The number of aromatic nitrogens is 2. The second-order valence-corrected chi connectivity index (χ2v) is 4.43. The summed E-state index contributed by atoms with van der Waals surface area (Å²) in [5.41, 5.74) is 6.08. The second-order valence-electron chi connectivity index (χ2n) is 4.43. The Bertz CT molecular complexity index is 812. The SMILES string of the molecule is Nc1cn(-c2ccccc2F)nc1-c1cccc(F)c1F. The molecule has 3 rings (SSSR count). The van der Waals surface area contributed by atoms with Gasteiger partial charge in [0.25, 0.3) is 0 Å². The summed E-state index contributed by atoms with van der Waals surface area (Å²) in [5.74, 6) is -2.53. The molecule has 0 aliphatic carbocycles. The van der Waals surface area contributed by atoms with Crippen LogP contribution in [0.2, 0.25) is 0 Å². The van der Waals surface area contributed by atoms with E-state index in [4.69, 9.17) is 5.73 Å². The highest BCUT2D eigenvalue weighted by Crippen LogP contribution is 2.29. The first kappa shape index (κ1) is 13.2. The van der Waals surface area contributed by atoms with Crippen molar-refractivity contribution in [3.05, 3.63) is 66.1 Å². The van der Waals surface area contributed by atoms with Gasteiger partial charge in [-0.05, 0) is 24.3 Å². The van der Waals surface area contributed by atoms with E-state index < -0.39 is 17.5 Å². The Morgan fingerprint density at radius 2 is 1.62 bits per heavy atom. The number of anilines is 1. The van der Waals surface area contributed by atoms with E-state index in [1.165, 1.54) is 35.1 Å². The minimum atomic E-state index is -1.04. The van der Waals surface area contributed by atoms with Crippen LogP contribution >= 0.6 is 0 Å². The summed E-state index contributed by atoms with van der Waals surface area (Å²) in [6.45, 7) is 0.